The standard InChI is InChI=1S/C17H19N3OS/c1-12-6-7-16(21-12)17-19-10-15(22-17)11-20(3)13(2)14-5-4-8-18-9-14/h4-10,13H,11H2,1-3H3/t13-/m1/s1. The summed E-state index contributed by atoms with van der Waals surface area (Å²) >= 11 is 1.68. The van der Waals surface area contributed by atoms with Gasteiger partial charge in [0.1, 0.15) is 5.76 Å². The number of thiazole rings is 1. The summed E-state index contributed by atoms with van der Waals surface area (Å²) < 4.78 is 5.63. The van der Waals surface area contributed by atoms with E-state index in [0.29, 0.717) is 6.04 Å². The summed E-state index contributed by atoms with van der Waals surface area (Å²) in [5, 5.41) is 0.936. The molecule has 0 radical (unpaired) electrons. The number of aryl methyl sites for hydroxylation is 1. The highest BCUT2D eigenvalue weighted by atomic mass is 32.1. The Hall–Kier alpha value is -1.98. The van der Waals surface area contributed by atoms with Crippen molar-refractivity contribution in [3.63, 3.8) is 0 Å². The summed E-state index contributed by atoms with van der Waals surface area (Å²) in [6.07, 6.45) is 5.66. The van der Waals surface area contributed by atoms with E-state index < -0.39 is 0 Å². The quantitative estimate of drug-likeness (QED) is 0.704. The van der Waals surface area contributed by atoms with Crippen LogP contribution in [0, 0.1) is 6.92 Å². The van der Waals surface area contributed by atoms with Crippen LogP contribution in [-0.4, -0.2) is 21.9 Å². The monoisotopic (exact) mass is 313 g/mol. The maximum Gasteiger partial charge on any atom is 0.162 e. The van der Waals surface area contributed by atoms with Gasteiger partial charge in [0, 0.05) is 36.1 Å². The highest BCUT2D eigenvalue weighted by molar-refractivity contribution is 7.14. The molecule has 0 aromatic carbocycles. The summed E-state index contributed by atoms with van der Waals surface area (Å²) in [5.41, 5.74) is 1.22. The summed E-state index contributed by atoms with van der Waals surface area (Å²) in [6, 6.07) is 8.33. The number of aromatic nitrogens is 2. The molecular formula is C17H19N3OS. The van der Waals surface area contributed by atoms with Crippen molar-refractivity contribution in [1.29, 1.82) is 0 Å². The molecule has 3 aromatic rings. The first-order valence-electron chi connectivity index (χ1n) is 7.25. The van der Waals surface area contributed by atoms with Crippen LogP contribution in [0.1, 0.15) is 29.2 Å². The Morgan fingerprint density at radius 1 is 1.27 bits per heavy atom. The summed E-state index contributed by atoms with van der Waals surface area (Å²) in [6.45, 7) is 4.99. The number of hydrogen-bond donors (Lipinski definition) is 0. The Morgan fingerprint density at radius 2 is 2.14 bits per heavy atom. The smallest absolute Gasteiger partial charge is 0.162 e. The molecule has 3 aromatic heterocycles. The number of pyridine rings is 1. The molecule has 0 aliphatic heterocycles. The normalized spacial score (nSPS) is 12.7. The molecule has 0 unspecified atom stereocenters. The maximum atomic E-state index is 5.63. The Bertz CT molecular complexity index is 735. The third-order valence-corrected chi connectivity index (χ3v) is 4.73. The second kappa shape index (κ2) is 6.42. The van der Waals surface area contributed by atoms with Crippen molar-refractivity contribution in [3.8, 4) is 10.8 Å². The van der Waals surface area contributed by atoms with Gasteiger partial charge in [-0.2, -0.15) is 0 Å². The van der Waals surface area contributed by atoms with E-state index in [4.69, 9.17) is 4.42 Å². The van der Waals surface area contributed by atoms with Crippen LogP contribution in [0.4, 0.5) is 0 Å². The Kier molecular flexibility index (Phi) is 4.36. The third-order valence-electron chi connectivity index (χ3n) is 3.74. The zero-order valence-electron chi connectivity index (χ0n) is 13.0. The fourth-order valence-electron chi connectivity index (χ4n) is 2.30. The zero-order valence-corrected chi connectivity index (χ0v) is 13.8. The SMILES string of the molecule is Cc1ccc(-c2ncc(CN(C)[C@H](C)c3cccnc3)s2)o1. The molecule has 0 saturated heterocycles. The van der Waals surface area contributed by atoms with Gasteiger partial charge in [-0.3, -0.25) is 9.88 Å². The maximum absolute atomic E-state index is 5.63. The van der Waals surface area contributed by atoms with Crippen molar-refractivity contribution in [3.05, 3.63) is 59.1 Å². The molecule has 0 amide bonds. The number of nitrogens with zero attached hydrogens (tertiary/aromatic N) is 3. The van der Waals surface area contributed by atoms with Crippen molar-refractivity contribution >= 4 is 11.3 Å². The molecular weight excluding hydrogens is 294 g/mol. The van der Waals surface area contributed by atoms with E-state index in [1.807, 2.05) is 37.5 Å². The highest BCUT2D eigenvalue weighted by Gasteiger charge is 2.14. The zero-order chi connectivity index (χ0) is 15.5. The largest absolute Gasteiger partial charge is 0.459 e. The van der Waals surface area contributed by atoms with Crippen molar-refractivity contribution in [2.75, 3.05) is 7.05 Å². The minimum Gasteiger partial charge on any atom is -0.459 e. The molecule has 3 rings (SSSR count). The predicted molar refractivity (Wildman–Crippen MR) is 88.7 cm³/mol. The van der Waals surface area contributed by atoms with Gasteiger partial charge < -0.3 is 4.42 Å². The average Bonchev–Trinajstić information content (AvgIpc) is 3.16. The van der Waals surface area contributed by atoms with E-state index in [2.05, 4.69) is 34.9 Å². The van der Waals surface area contributed by atoms with Crippen LogP contribution in [0.15, 0.2) is 47.3 Å². The molecule has 0 aliphatic carbocycles. The molecule has 0 spiro atoms. The van der Waals surface area contributed by atoms with Crippen LogP contribution >= 0.6 is 11.3 Å². The first-order chi connectivity index (χ1) is 10.6. The van der Waals surface area contributed by atoms with Crippen LogP contribution < -0.4 is 0 Å². The highest BCUT2D eigenvalue weighted by Crippen LogP contribution is 2.28. The number of rotatable bonds is 5. The van der Waals surface area contributed by atoms with Gasteiger partial charge in [0.05, 0.1) is 0 Å². The van der Waals surface area contributed by atoms with Crippen LogP contribution in [0.5, 0.6) is 0 Å². The molecule has 0 aliphatic rings. The molecule has 3 heterocycles. The van der Waals surface area contributed by atoms with Gasteiger partial charge in [0.15, 0.2) is 10.8 Å². The van der Waals surface area contributed by atoms with Gasteiger partial charge in [-0.1, -0.05) is 6.07 Å². The Labute approximate surface area is 134 Å². The summed E-state index contributed by atoms with van der Waals surface area (Å²) in [4.78, 5) is 12.2. The molecule has 22 heavy (non-hydrogen) atoms. The van der Waals surface area contributed by atoms with Crippen molar-refractivity contribution in [2.24, 2.45) is 0 Å². The van der Waals surface area contributed by atoms with Crippen LogP contribution in [0.25, 0.3) is 10.8 Å². The van der Waals surface area contributed by atoms with Gasteiger partial charge in [-0.05, 0) is 44.7 Å². The van der Waals surface area contributed by atoms with Gasteiger partial charge >= 0.3 is 0 Å². The van der Waals surface area contributed by atoms with Crippen molar-refractivity contribution < 1.29 is 4.42 Å². The summed E-state index contributed by atoms with van der Waals surface area (Å²) in [5.74, 6) is 1.76. The second-order valence-electron chi connectivity index (χ2n) is 5.42. The van der Waals surface area contributed by atoms with Gasteiger partial charge in [0.2, 0.25) is 0 Å². The topological polar surface area (TPSA) is 42.2 Å². The lowest BCUT2D eigenvalue weighted by molar-refractivity contribution is 0.255. The van der Waals surface area contributed by atoms with Crippen LogP contribution in [-0.2, 0) is 6.54 Å². The van der Waals surface area contributed by atoms with E-state index in [-0.39, 0.29) is 0 Å². The Balaban J connectivity index is 1.69. The van der Waals surface area contributed by atoms with E-state index >= 15 is 0 Å². The van der Waals surface area contributed by atoms with Gasteiger partial charge in [-0.25, -0.2) is 4.98 Å². The first-order valence-corrected chi connectivity index (χ1v) is 8.07. The van der Waals surface area contributed by atoms with E-state index in [0.717, 1.165) is 23.1 Å². The molecule has 0 bridgehead atoms. The molecule has 1 atom stereocenters. The lowest BCUT2D eigenvalue weighted by Crippen LogP contribution is -2.21. The van der Waals surface area contributed by atoms with E-state index in [9.17, 15) is 0 Å². The molecule has 5 heteroatoms. The van der Waals surface area contributed by atoms with E-state index in [1.54, 1.807) is 17.5 Å². The predicted octanol–water partition coefficient (Wildman–Crippen LogP) is 4.30. The van der Waals surface area contributed by atoms with Crippen molar-refractivity contribution in [1.82, 2.24) is 14.9 Å². The Morgan fingerprint density at radius 3 is 2.82 bits per heavy atom. The van der Waals surface area contributed by atoms with E-state index in [1.165, 1.54) is 10.4 Å². The van der Waals surface area contributed by atoms with Crippen LogP contribution in [0.3, 0.4) is 0 Å². The summed E-state index contributed by atoms with van der Waals surface area (Å²) in [7, 11) is 2.12. The molecule has 4 nitrogen and oxygen atoms in total. The lowest BCUT2D eigenvalue weighted by Gasteiger charge is -2.23. The first kappa shape index (κ1) is 14.9. The third kappa shape index (κ3) is 3.26. The van der Waals surface area contributed by atoms with Gasteiger partial charge in [0.25, 0.3) is 0 Å². The van der Waals surface area contributed by atoms with Crippen LogP contribution in [0.2, 0.25) is 0 Å². The number of furan rings is 1. The fraction of sp³-hybridized carbons (Fsp3) is 0.294. The average molecular weight is 313 g/mol. The fourth-order valence-corrected chi connectivity index (χ4v) is 3.24. The molecule has 0 N–H and O–H groups in total. The lowest BCUT2D eigenvalue weighted by atomic mass is 10.1. The minimum atomic E-state index is 0.310. The minimum absolute atomic E-state index is 0.310. The molecule has 0 saturated carbocycles. The molecule has 0 fully saturated rings. The van der Waals surface area contributed by atoms with Crippen molar-refractivity contribution in [2.45, 2.75) is 26.4 Å². The molecule has 114 valence electrons. The van der Waals surface area contributed by atoms with Gasteiger partial charge in [-0.15, -0.1) is 11.3 Å². The second-order valence-corrected chi connectivity index (χ2v) is 6.53. The number of hydrogen-bond acceptors (Lipinski definition) is 5.